The average Bonchev–Trinajstić information content (AvgIpc) is 2.79. The van der Waals surface area contributed by atoms with Gasteiger partial charge in [-0.3, -0.25) is 0 Å². The van der Waals surface area contributed by atoms with Crippen LogP contribution in [0.15, 0.2) is 97.1 Å². The highest BCUT2D eigenvalue weighted by Gasteiger charge is 1.98. The van der Waals surface area contributed by atoms with Crippen LogP contribution in [0, 0.1) is 0 Å². The number of rotatable bonds is 6. The van der Waals surface area contributed by atoms with E-state index in [0.717, 1.165) is 48.2 Å². The first kappa shape index (κ1) is 22.8. The van der Waals surface area contributed by atoms with Gasteiger partial charge in [0.05, 0.1) is 0 Å². The number of aromatic hydroxyl groups is 2. The van der Waals surface area contributed by atoms with Gasteiger partial charge in [0.2, 0.25) is 0 Å². The molecule has 6 N–H and O–H groups in total. The lowest BCUT2D eigenvalue weighted by Crippen LogP contribution is -1.92. The second kappa shape index (κ2) is 11.5. The molecular formula is C28H30N2O2. The molecule has 0 atom stereocenters. The number of hydrogen-bond acceptors (Lipinski definition) is 4. The topological polar surface area (TPSA) is 92.5 Å². The van der Waals surface area contributed by atoms with Gasteiger partial charge in [0.1, 0.15) is 11.5 Å². The van der Waals surface area contributed by atoms with E-state index in [9.17, 15) is 10.2 Å². The summed E-state index contributed by atoms with van der Waals surface area (Å²) in [4.78, 5) is 0. The molecule has 0 saturated heterocycles. The first-order chi connectivity index (χ1) is 15.5. The number of benzene rings is 4. The third kappa shape index (κ3) is 7.73. The van der Waals surface area contributed by atoms with Crippen molar-refractivity contribution in [2.75, 3.05) is 11.5 Å². The molecule has 164 valence electrons. The van der Waals surface area contributed by atoms with Crippen LogP contribution in [0.5, 0.6) is 11.5 Å². The van der Waals surface area contributed by atoms with E-state index in [1.54, 1.807) is 24.3 Å². The fraction of sp³-hybridized carbons (Fsp3) is 0.143. The normalized spacial score (nSPS) is 10.2. The Kier molecular flexibility index (Phi) is 8.15. The first-order valence-corrected chi connectivity index (χ1v) is 10.7. The molecule has 0 saturated carbocycles. The molecule has 0 aliphatic rings. The Morgan fingerprint density at radius 1 is 0.438 bits per heavy atom. The second-order valence-electron chi connectivity index (χ2n) is 7.82. The molecule has 0 aromatic heterocycles. The Labute approximate surface area is 189 Å². The van der Waals surface area contributed by atoms with Crippen molar-refractivity contribution in [2.24, 2.45) is 0 Å². The van der Waals surface area contributed by atoms with Crippen LogP contribution >= 0.6 is 0 Å². The van der Waals surface area contributed by atoms with E-state index in [2.05, 4.69) is 0 Å². The molecule has 0 aliphatic heterocycles. The lowest BCUT2D eigenvalue weighted by molar-refractivity contribution is 0.474. The molecule has 4 heteroatoms. The van der Waals surface area contributed by atoms with Gasteiger partial charge >= 0.3 is 0 Å². The molecule has 0 unspecified atom stereocenters. The van der Waals surface area contributed by atoms with Crippen LogP contribution in [0.1, 0.15) is 22.3 Å². The standard InChI is InChI=1S/2C14H15NO/c2*15-13-8-6-11(7-9-13)4-5-12-2-1-3-14(16)10-12/h2*1-3,6-10,16H,4-5,15H2. The highest BCUT2D eigenvalue weighted by Crippen LogP contribution is 2.15. The predicted molar refractivity (Wildman–Crippen MR) is 133 cm³/mol. The van der Waals surface area contributed by atoms with E-state index in [1.165, 1.54) is 11.1 Å². The molecule has 4 aromatic rings. The highest BCUT2D eigenvalue weighted by atomic mass is 16.3. The minimum atomic E-state index is 0.329. The Hall–Kier alpha value is -3.92. The fourth-order valence-electron chi connectivity index (χ4n) is 3.37. The van der Waals surface area contributed by atoms with Gasteiger partial charge in [0, 0.05) is 11.4 Å². The summed E-state index contributed by atoms with van der Waals surface area (Å²) in [5.41, 5.74) is 17.6. The largest absolute Gasteiger partial charge is 0.508 e. The second-order valence-corrected chi connectivity index (χ2v) is 7.82. The van der Waals surface area contributed by atoms with E-state index in [1.807, 2.05) is 72.8 Å². The third-order valence-electron chi connectivity index (χ3n) is 5.19. The number of nitrogens with two attached hydrogens (primary N) is 2. The van der Waals surface area contributed by atoms with Gasteiger partial charge in [-0.25, -0.2) is 0 Å². The Balaban J connectivity index is 0.000000181. The van der Waals surface area contributed by atoms with Crippen LogP contribution in [0.25, 0.3) is 0 Å². The number of hydrogen-bond donors (Lipinski definition) is 4. The summed E-state index contributed by atoms with van der Waals surface area (Å²) >= 11 is 0. The van der Waals surface area contributed by atoms with Gasteiger partial charge in [0.15, 0.2) is 0 Å². The zero-order chi connectivity index (χ0) is 22.8. The maximum atomic E-state index is 9.33. The molecule has 0 bridgehead atoms. The molecule has 0 fully saturated rings. The highest BCUT2D eigenvalue weighted by molar-refractivity contribution is 5.40. The van der Waals surface area contributed by atoms with E-state index < -0.39 is 0 Å². The predicted octanol–water partition coefficient (Wildman–Crippen LogP) is 5.52. The Bertz CT molecular complexity index is 1020. The van der Waals surface area contributed by atoms with Crippen molar-refractivity contribution >= 4 is 11.4 Å². The van der Waals surface area contributed by atoms with Crippen LogP contribution < -0.4 is 11.5 Å². The quantitative estimate of drug-likeness (QED) is 0.306. The molecule has 0 spiro atoms. The first-order valence-electron chi connectivity index (χ1n) is 10.7. The van der Waals surface area contributed by atoms with Gasteiger partial charge in [-0.15, -0.1) is 0 Å². The SMILES string of the molecule is Nc1ccc(CCc2cccc(O)c2)cc1.Nc1ccc(CCc2cccc(O)c2)cc1. The van der Waals surface area contributed by atoms with Crippen molar-refractivity contribution in [3.05, 3.63) is 119 Å². The average molecular weight is 427 g/mol. The van der Waals surface area contributed by atoms with Crippen molar-refractivity contribution in [3.63, 3.8) is 0 Å². The zero-order valence-corrected chi connectivity index (χ0v) is 18.1. The Morgan fingerprint density at radius 2 is 0.781 bits per heavy atom. The van der Waals surface area contributed by atoms with Crippen LogP contribution in [0.3, 0.4) is 0 Å². The smallest absolute Gasteiger partial charge is 0.115 e. The number of phenols is 2. The molecule has 0 amide bonds. The number of phenolic OH excluding ortho intramolecular Hbond substituents is 2. The molecule has 4 rings (SSSR count). The van der Waals surface area contributed by atoms with Crippen molar-refractivity contribution in [1.29, 1.82) is 0 Å². The van der Waals surface area contributed by atoms with Crippen LogP contribution in [0.4, 0.5) is 11.4 Å². The fourth-order valence-corrected chi connectivity index (χ4v) is 3.37. The minimum Gasteiger partial charge on any atom is -0.508 e. The molecule has 0 aliphatic carbocycles. The van der Waals surface area contributed by atoms with Crippen molar-refractivity contribution in [2.45, 2.75) is 25.7 Å². The van der Waals surface area contributed by atoms with Crippen molar-refractivity contribution in [3.8, 4) is 11.5 Å². The van der Waals surface area contributed by atoms with Crippen molar-refractivity contribution < 1.29 is 10.2 Å². The summed E-state index contributed by atoms with van der Waals surface area (Å²) in [6.45, 7) is 0. The number of nitrogen functional groups attached to an aromatic ring is 2. The van der Waals surface area contributed by atoms with Gasteiger partial charge in [-0.05, 0) is 96.5 Å². The van der Waals surface area contributed by atoms with E-state index in [4.69, 9.17) is 11.5 Å². The summed E-state index contributed by atoms with van der Waals surface area (Å²) in [6, 6.07) is 30.6. The van der Waals surface area contributed by atoms with E-state index >= 15 is 0 Å². The van der Waals surface area contributed by atoms with Crippen molar-refractivity contribution in [1.82, 2.24) is 0 Å². The lowest BCUT2D eigenvalue weighted by Gasteiger charge is -2.03. The van der Waals surface area contributed by atoms with E-state index in [0.29, 0.717) is 11.5 Å². The Morgan fingerprint density at radius 3 is 1.12 bits per heavy atom. The van der Waals surface area contributed by atoms with Crippen LogP contribution in [-0.2, 0) is 25.7 Å². The van der Waals surface area contributed by atoms with Gasteiger partial charge < -0.3 is 21.7 Å². The molecule has 32 heavy (non-hydrogen) atoms. The maximum absolute atomic E-state index is 9.33. The summed E-state index contributed by atoms with van der Waals surface area (Å²) in [5, 5.41) is 18.7. The third-order valence-corrected chi connectivity index (χ3v) is 5.19. The van der Waals surface area contributed by atoms with E-state index in [-0.39, 0.29) is 0 Å². The zero-order valence-electron chi connectivity index (χ0n) is 18.1. The molecule has 0 radical (unpaired) electrons. The maximum Gasteiger partial charge on any atom is 0.115 e. The summed E-state index contributed by atoms with van der Waals surface area (Å²) in [5.74, 6) is 0.657. The molecular weight excluding hydrogens is 396 g/mol. The number of anilines is 2. The summed E-state index contributed by atoms with van der Waals surface area (Å²) in [7, 11) is 0. The summed E-state index contributed by atoms with van der Waals surface area (Å²) < 4.78 is 0. The summed E-state index contributed by atoms with van der Waals surface area (Å²) in [6.07, 6.45) is 3.78. The number of aryl methyl sites for hydroxylation is 4. The van der Waals surface area contributed by atoms with Gasteiger partial charge in [-0.2, -0.15) is 0 Å². The van der Waals surface area contributed by atoms with Gasteiger partial charge in [0.25, 0.3) is 0 Å². The van der Waals surface area contributed by atoms with Gasteiger partial charge in [-0.1, -0.05) is 48.5 Å². The van der Waals surface area contributed by atoms with Crippen LogP contribution in [0.2, 0.25) is 0 Å². The molecule has 4 aromatic carbocycles. The molecule has 0 heterocycles. The monoisotopic (exact) mass is 426 g/mol. The lowest BCUT2D eigenvalue weighted by atomic mass is 10.0. The molecule has 4 nitrogen and oxygen atoms in total. The minimum absolute atomic E-state index is 0.329. The van der Waals surface area contributed by atoms with Crippen LogP contribution in [-0.4, -0.2) is 10.2 Å².